The first-order valence-electron chi connectivity index (χ1n) is 7.12. The molecule has 3 heterocycles. The van der Waals surface area contributed by atoms with Gasteiger partial charge in [0.2, 0.25) is 11.8 Å². The SMILES string of the molecule is O=C1CC(C(=O)NCC2CN3CCCC3CO2)CN1. The van der Waals surface area contributed by atoms with E-state index in [1.807, 2.05) is 0 Å². The van der Waals surface area contributed by atoms with Crippen molar-refractivity contribution in [2.24, 2.45) is 5.92 Å². The Bertz CT molecular complexity index is 374. The highest BCUT2D eigenvalue weighted by molar-refractivity contribution is 5.89. The van der Waals surface area contributed by atoms with Crippen LogP contribution in [0.15, 0.2) is 0 Å². The van der Waals surface area contributed by atoms with Crippen molar-refractivity contribution < 1.29 is 14.3 Å². The minimum atomic E-state index is -0.212. The quantitative estimate of drug-likeness (QED) is 0.695. The van der Waals surface area contributed by atoms with Gasteiger partial charge < -0.3 is 15.4 Å². The van der Waals surface area contributed by atoms with Crippen molar-refractivity contribution in [3.8, 4) is 0 Å². The van der Waals surface area contributed by atoms with Crippen molar-refractivity contribution in [1.82, 2.24) is 15.5 Å². The molecule has 0 radical (unpaired) electrons. The predicted molar refractivity (Wildman–Crippen MR) is 68.5 cm³/mol. The van der Waals surface area contributed by atoms with Crippen molar-refractivity contribution in [2.75, 3.05) is 32.8 Å². The Balaban J connectivity index is 1.42. The average Bonchev–Trinajstić information content (AvgIpc) is 3.03. The molecular weight excluding hydrogens is 246 g/mol. The lowest BCUT2D eigenvalue weighted by molar-refractivity contribution is -0.127. The molecule has 0 spiro atoms. The highest BCUT2D eigenvalue weighted by Gasteiger charge is 2.33. The summed E-state index contributed by atoms with van der Waals surface area (Å²) in [4.78, 5) is 25.4. The zero-order valence-corrected chi connectivity index (χ0v) is 11.1. The summed E-state index contributed by atoms with van der Waals surface area (Å²) in [5, 5.41) is 5.59. The van der Waals surface area contributed by atoms with Gasteiger partial charge in [-0.3, -0.25) is 14.5 Å². The highest BCUT2D eigenvalue weighted by Crippen LogP contribution is 2.22. The lowest BCUT2D eigenvalue weighted by atomic mass is 10.1. The van der Waals surface area contributed by atoms with Crippen LogP contribution in [0.5, 0.6) is 0 Å². The molecule has 3 aliphatic rings. The number of carbonyl (C=O) groups excluding carboxylic acids is 2. The van der Waals surface area contributed by atoms with E-state index in [1.54, 1.807) is 0 Å². The molecule has 0 saturated carbocycles. The zero-order chi connectivity index (χ0) is 13.2. The van der Waals surface area contributed by atoms with Crippen LogP contribution in [0.2, 0.25) is 0 Å². The molecule has 3 fully saturated rings. The molecule has 0 aromatic carbocycles. The summed E-state index contributed by atoms with van der Waals surface area (Å²) >= 11 is 0. The van der Waals surface area contributed by atoms with Crippen molar-refractivity contribution in [2.45, 2.75) is 31.4 Å². The molecule has 6 heteroatoms. The normalized spacial score (nSPS) is 34.9. The number of nitrogens with one attached hydrogen (secondary N) is 2. The molecule has 3 rings (SSSR count). The average molecular weight is 267 g/mol. The van der Waals surface area contributed by atoms with E-state index in [1.165, 1.54) is 12.8 Å². The highest BCUT2D eigenvalue weighted by atomic mass is 16.5. The minimum Gasteiger partial charge on any atom is -0.373 e. The van der Waals surface area contributed by atoms with E-state index < -0.39 is 0 Å². The smallest absolute Gasteiger partial charge is 0.225 e. The summed E-state index contributed by atoms with van der Waals surface area (Å²) in [6.45, 7) is 3.85. The van der Waals surface area contributed by atoms with Gasteiger partial charge in [0.1, 0.15) is 0 Å². The topological polar surface area (TPSA) is 70.7 Å². The summed E-state index contributed by atoms with van der Waals surface area (Å²) in [5.74, 6) is -0.282. The van der Waals surface area contributed by atoms with E-state index in [0.29, 0.717) is 25.6 Å². The van der Waals surface area contributed by atoms with Gasteiger partial charge in [0.05, 0.1) is 18.6 Å². The number of ether oxygens (including phenoxy) is 1. The summed E-state index contributed by atoms with van der Waals surface area (Å²) in [6.07, 6.45) is 2.88. The molecule has 0 aliphatic carbocycles. The lowest BCUT2D eigenvalue weighted by Gasteiger charge is -2.35. The fourth-order valence-corrected chi connectivity index (χ4v) is 3.16. The van der Waals surface area contributed by atoms with Gasteiger partial charge in [-0.1, -0.05) is 0 Å². The molecule has 106 valence electrons. The molecule has 3 saturated heterocycles. The lowest BCUT2D eigenvalue weighted by Crippen LogP contribution is -2.50. The fourth-order valence-electron chi connectivity index (χ4n) is 3.16. The van der Waals surface area contributed by atoms with Crippen LogP contribution in [-0.4, -0.2) is 61.6 Å². The van der Waals surface area contributed by atoms with Crippen LogP contribution in [0.3, 0.4) is 0 Å². The molecule has 2 amide bonds. The Kier molecular flexibility index (Phi) is 3.70. The van der Waals surface area contributed by atoms with E-state index in [2.05, 4.69) is 15.5 Å². The number of hydrogen-bond donors (Lipinski definition) is 2. The van der Waals surface area contributed by atoms with Gasteiger partial charge >= 0.3 is 0 Å². The predicted octanol–water partition coefficient (Wildman–Crippen LogP) is -0.898. The maximum Gasteiger partial charge on any atom is 0.225 e. The Hall–Kier alpha value is -1.14. The number of fused-ring (bicyclic) bond motifs is 1. The number of rotatable bonds is 3. The molecule has 0 bridgehead atoms. The van der Waals surface area contributed by atoms with E-state index >= 15 is 0 Å². The van der Waals surface area contributed by atoms with Crippen LogP contribution in [0.4, 0.5) is 0 Å². The van der Waals surface area contributed by atoms with Gasteiger partial charge in [-0.15, -0.1) is 0 Å². The first-order chi connectivity index (χ1) is 9.22. The van der Waals surface area contributed by atoms with Gasteiger partial charge in [0.15, 0.2) is 0 Å². The number of nitrogens with zero attached hydrogens (tertiary/aromatic N) is 1. The monoisotopic (exact) mass is 267 g/mol. The third kappa shape index (κ3) is 2.90. The second-order valence-corrected chi connectivity index (χ2v) is 5.70. The van der Waals surface area contributed by atoms with E-state index in [9.17, 15) is 9.59 Å². The van der Waals surface area contributed by atoms with Crippen molar-refractivity contribution in [1.29, 1.82) is 0 Å². The van der Waals surface area contributed by atoms with Gasteiger partial charge in [-0.25, -0.2) is 0 Å². The molecule has 0 aromatic rings. The van der Waals surface area contributed by atoms with Gasteiger partial charge in [-0.05, 0) is 19.4 Å². The third-order valence-corrected chi connectivity index (χ3v) is 4.31. The van der Waals surface area contributed by atoms with E-state index in [0.717, 1.165) is 19.7 Å². The molecule has 3 unspecified atom stereocenters. The van der Waals surface area contributed by atoms with E-state index in [4.69, 9.17) is 4.74 Å². The standard InChI is InChI=1S/C13H21N3O3/c17-12-4-9(5-14-12)13(18)15-6-11-7-16-3-1-2-10(16)8-19-11/h9-11H,1-8H2,(H,14,17)(H,15,18). The van der Waals surface area contributed by atoms with Crippen LogP contribution >= 0.6 is 0 Å². The molecule has 3 aliphatic heterocycles. The second kappa shape index (κ2) is 5.46. The Morgan fingerprint density at radius 3 is 3.21 bits per heavy atom. The number of amides is 2. The molecule has 19 heavy (non-hydrogen) atoms. The molecule has 0 aromatic heterocycles. The third-order valence-electron chi connectivity index (χ3n) is 4.31. The van der Waals surface area contributed by atoms with Crippen LogP contribution in [0, 0.1) is 5.92 Å². The zero-order valence-electron chi connectivity index (χ0n) is 11.1. The Labute approximate surface area is 112 Å². The molecular formula is C13H21N3O3. The fraction of sp³-hybridized carbons (Fsp3) is 0.846. The Morgan fingerprint density at radius 1 is 1.53 bits per heavy atom. The Morgan fingerprint density at radius 2 is 2.42 bits per heavy atom. The van der Waals surface area contributed by atoms with Crippen molar-refractivity contribution >= 4 is 11.8 Å². The molecule has 3 atom stereocenters. The van der Waals surface area contributed by atoms with Crippen LogP contribution in [-0.2, 0) is 14.3 Å². The van der Waals surface area contributed by atoms with Crippen LogP contribution in [0.25, 0.3) is 0 Å². The van der Waals surface area contributed by atoms with Crippen LogP contribution in [0.1, 0.15) is 19.3 Å². The number of carbonyl (C=O) groups is 2. The number of hydrogen-bond acceptors (Lipinski definition) is 4. The van der Waals surface area contributed by atoms with Crippen LogP contribution < -0.4 is 10.6 Å². The molecule has 6 nitrogen and oxygen atoms in total. The first-order valence-corrected chi connectivity index (χ1v) is 7.12. The summed E-state index contributed by atoms with van der Waals surface area (Å²) in [7, 11) is 0. The van der Waals surface area contributed by atoms with Gasteiger partial charge in [-0.2, -0.15) is 0 Å². The summed E-state index contributed by atoms with van der Waals surface area (Å²) in [5.41, 5.74) is 0. The van der Waals surface area contributed by atoms with Crippen molar-refractivity contribution in [3.63, 3.8) is 0 Å². The number of morpholine rings is 1. The first kappa shape index (κ1) is 12.9. The maximum atomic E-state index is 11.9. The summed E-state index contributed by atoms with van der Waals surface area (Å²) < 4.78 is 5.79. The van der Waals surface area contributed by atoms with Crippen molar-refractivity contribution in [3.05, 3.63) is 0 Å². The van der Waals surface area contributed by atoms with Gasteiger partial charge in [0.25, 0.3) is 0 Å². The molecule has 2 N–H and O–H groups in total. The minimum absolute atomic E-state index is 0.0334. The maximum absolute atomic E-state index is 11.9. The van der Waals surface area contributed by atoms with Gasteiger partial charge in [0, 0.05) is 32.1 Å². The largest absolute Gasteiger partial charge is 0.373 e. The second-order valence-electron chi connectivity index (χ2n) is 5.70. The summed E-state index contributed by atoms with van der Waals surface area (Å²) in [6, 6.07) is 0.587. The van der Waals surface area contributed by atoms with E-state index in [-0.39, 0.29) is 23.8 Å².